The van der Waals surface area contributed by atoms with Gasteiger partial charge in [-0.05, 0) is 109 Å². The minimum Gasteiger partial charge on any atom is -0.493 e. The highest BCUT2D eigenvalue weighted by Crippen LogP contribution is 2.34. The van der Waals surface area contributed by atoms with Crippen LogP contribution in [0.15, 0.2) is 34.9 Å². The quantitative estimate of drug-likeness (QED) is 0.349. The van der Waals surface area contributed by atoms with Crippen LogP contribution in [-0.4, -0.2) is 48.8 Å². The number of nitrogen functional groups attached to an aromatic ring is 1. The average molecular weight is 575 g/mol. The van der Waals surface area contributed by atoms with Gasteiger partial charge in [-0.1, -0.05) is 11.2 Å². The maximum Gasteiger partial charge on any atom is 0.173 e. The molecule has 0 bridgehead atoms. The molecule has 3 aromatic rings. The zero-order valence-electron chi connectivity index (χ0n) is 22.1. The average Bonchev–Trinajstić information content (AvgIpc) is 3.57. The predicted octanol–water partition coefficient (Wildman–Crippen LogP) is 5.85. The van der Waals surface area contributed by atoms with Crippen molar-refractivity contribution < 1.29 is 9.26 Å². The fraction of sp³-hybridized carbons (Fsp3) is 0.556. The maximum absolute atomic E-state index is 5.99. The fourth-order valence-corrected chi connectivity index (χ4v) is 4.59. The molecule has 1 aromatic carbocycles. The Morgan fingerprint density at radius 3 is 2.38 bits per heavy atom. The molecule has 37 heavy (non-hydrogen) atoms. The Morgan fingerprint density at radius 1 is 1.03 bits per heavy atom. The van der Waals surface area contributed by atoms with Crippen LogP contribution >= 0.6 is 37.2 Å². The number of nitrogens with two attached hydrogens (primary N) is 1. The number of fused-ring (bicyclic) bond motifs is 1. The van der Waals surface area contributed by atoms with Crippen molar-refractivity contribution in [3.8, 4) is 5.75 Å². The zero-order valence-corrected chi connectivity index (χ0v) is 24.5. The number of aromatic nitrogens is 2. The van der Waals surface area contributed by atoms with Crippen LogP contribution in [0.2, 0.25) is 0 Å². The summed E-state index contributed by atoms with van der Waals surface area (Å²) < 4.78 is 11.7. The van der Waals surface area contributed by atoms with Crippen molar-refractivity contribution >= 4 is 54.0 Å². The lowest BCUT2D eigenvalue weighted by atomic mass is 9.91. The predicted molar refractivity (Wildman–Crippen MR) is 159 cm³/mol. The number of nitrogens with zero attached hydrogens (tertiary/aromatic N) is 3. The van der Waals surface area contributed by atoms with Gasteiger partial charge in [-0.25, -0.2) is 4.98 Å². The second-order valence-corrected chi connectivity index (χ2v) is 9.76. The third-order valence-electron chi connectivity index (χ3n) is 6.80. The Balaban J connectivity index is 0.00000109. The number of likely N-dealkylation sites (tertiary alicyclic amines) is 1. The van der Waals surface area contributed by atoms with Gasteiger partial charge in [-0.15, -0.1) is 37.2 Å². The van der Waals surface area contributed by atoms with E-state index < -0.39 is 0 Å². The molecule has 10 heteroatoms. The first kappa shape index (κ1) is 33.3. The number of nitrogens with one attached hydrogen (secondary N) is 1. The van der Waals surface area contributed by atoms with Gasteiger partial charge >= 0.3 is 0 Å². The van der Waals surface area contributed by atoms with Crippen LogP contribution in [-0.2, 0) is 13.0 Å². The van der Waals surface area contributed by atoms with Crippen LogP contribution in [0.3, 0.4) is 0 Å². The third kappa shape index (κ3) is 9.48. The Labute approximate surface area is 239 Å². The number of halogens is 3. The lowest BCUT2D eigenvalue weighted by Crippen LogP contribution is -2.33. The van der Waals surface area contributed by atoms with Gasteiger partial charge in [-0.3, -0.25) is 4.90 Å². The van der Waals surface area contributed by atoms with Crippen molar-refractivity contribution in [2.75, 3.05) is 39.5 Å². The number of anilines is 1. The standard InChI is InChI=1S/C25H32N4O2.C2H7N.3ClH/c1-17-23(30-16-19-5-6-19)10-8-21-22(28-31-25(17)21)9-7-18-11-13-29(14-12-18)15-20-3-2-4-24(26)27-20;1-3-2;;;/h2-4,8,10,18-19H,5-7,9,11-16H2,1H3,(H2,26,27);3H,1-2H3;3*1H. The summed E-state index contributed by atoms with van der Waals surface area (Å²) in [6.07, 6.45) is 7.16. The molecule has 208 valence electrons. The number of hydrogen-bond donors (Lipinski definition) is 2. The summed E-state index contributed by atoms with van der Waals surface area (Å²) in [5, 5.41) is 8.30. The monoisotopic (exact) mass is 573 g/mol. The molecule has 3 N–H and O–H groups in total. The number of ether oxygens (including phenoxy) is 1. The number of pyridine rings is 1. The summed E-state index contributed by atoms with van der Waals surface area (Å²) in [6, 6.07) is 10.1. The lowest BCUT2D eigenvalue weighted by Gasteiger charge is -2.31. The van der Waals surface area contributed by atoms with E-state index in [0.717, 1.165) is 84.6 Å². The molecule has 0 spiro atoms. The maximum atomic E-state index is 5.99. The summed E-state index contributed by atoms with van der Waals surface area (Å²) in [4.78, 5) is 6.91. The molecule has 1 saturated carbocycles. The van der Waals surface area contributed by atoms with Crippen molar-refractivity contribution in [2.24, 2.45) is 11.8 Å². The minimum absolute atomic E-state index is 0. The van der Waals surface area contributed by atoms with E-state index in [1.165, 1.54) is 25.7 Å². The normalized spacial score (nSPS) is 15.5. The number of benzene rings is 1. The number of aryl methyl sites for hydroxylation is 2. The molecule has 5 rings (SSSR count). The van der Waals surface area contributed by atoms with Crippen molar-refractivity contribution in [3.63, 3.8) is 0 Å². The molecular formula is C27H42Cl3N5O2. The van der Waals surface area contributed by atoms with Gasteiger partial charge in [0.25, 0.3) is 0 Å². The molecule has 1 aliphatic heterocycles. The molecule has 0 atom stereocenters. The first-order chi connectivity index (χ1) is 16.6. The van der Waals surface area contributed by atoms with E-state index >= 15 is 0 Å². The van der Waals surface area contributed by atoms with Crippen LogP contribution in [0.25, 0.3) is 11.0 Å². The summed E-state index contributed by atoms with van der Waals surface area (Å²) in [5.74, 6) is 3.01. The van der Waals surface area contributed by atoms with Crippen LogP contribution in [0.5, 0.6) is 5.75 Å². The molecule has 0 unspecified atom stereocenters. The second-order valence-electron chi connectivity index (χ2n) is 9.76. The van der Waals surface area contributed by atoms with Gasteiger partial charge < -0.3 is 20.3 Å². The van der Waals surface area contributed by atoms with Crippen molar-refractivity contribution in [1.29, 1.82) is 0 Å². The molecule has 0 amide bonds. The highest BCUT2D eigenvalue weighted by Gasteiger charge is 2.23. The first-order valence-corrected chi connectivity index (χ1v) is 12.6. The summed E-state index contributed by atoms with van der Waals surface area (Å²) in [6.45, 7) is 6.00. The summed E-state index contributed by atoms with van der Waals surface area (Å²) in [5.41, 5.74) is 9.90. The smallest absolute Gasteiger partial charge is 0.173 e. The van der Waals surface area contributed by atoms with E-state index in [2.05, 4.69) is 45.5 Å². The Morgan fingerprint density at radius 2 is 1.73 bits per heavy atom. The first-order valence-electron chi connectivity index (χ1n) is 12.6. The second kappa shape index (κ2) is 16.2. The van der Waals surface area contributed by atoms with E-state index in [9.17, 15) is 0 Å². The van der Waals surface area contributed by atoms with E-state index in [-0.39, 0.29) is 37.2 Å². The van der Waals surface area contributed by atoms with Crippen LogP contribution in [0, 0.1) is 18.8 Å². The van der Waals surface area contributed by atoms with E-state index in [4.69, 9.17) is 15.0 Å². The third-order valence-corrected chi connectivity index (χ3v) is 6.80. The van der Waals surface area contributed by atoms with Gasteiger partial charge in [0.2, 0.25) is 0 Å². The molecule has 1 saturated heterocycles. The Bertz CT molecular complexity index is 1070. The number of piperidine rings is 1. The van der Waals surface area contributed by atoms with Crippen molar-refractivity contribution in [3.05, 3.63) is 47.3 Å². The molecule has 2 aliphatic rings. The Hall–Kier alpha value is -1.77. The van der Waals surface area contributed by atoms with Gasteiger partial charge in [0, 0.05) is 17.5 Å². The van der Waals surface area contributed by atoms with Crippen molar-refractivity contribution in [1.82, 2.24) is 20.4 Å². The molecule has 2 fully saturated rings. The molecule has 3 heterocycles. The van der Waals surface area contributed by atoms with Gasteiger partial charge in [0.1, 0.15) is 11.6 Å². The number of hydrogen-bond acceptors (Lipinski definition) is 7. The largest absolute Gasteiger partial charge is 0.493 e. The molecule has 1 aliphatic carbocycles. The molecular weight excluding hydrogens is 533 g/mol. The highest BCUT2D eigenvalue weighted by molar-refractivity contribution is 5.86. The van der Waals surface area contributed by atoms with Crippen molar-refractivity contribution in [2.45, 2.75) is 52.0 Å². The van der Waals surface area contributed by atoms with Gasteiger partial charge in [0.05, 0.1) is 18.0 Å². The van der Waals surface area contributed by atoms with Gasteiger partial charge in [0.15, 0.2) is 5.58 Å². The molecule has 0 radical (unpaired) electrons. The topological polar surface area (TPSA) is 89.4 Å². The lowest BCUT2D eigenvalue weighted by molar-refractivity contribution is 0.170. The van der Waals surface area contributed by atoms with E-state index in [0.29, 0.717) is 5.82 Å². The van der Waals surface area contributed by atoms with E-state index in [1.807, 2.05) is 26.2 Å². The summed E-state index contributed by atoms with van der Waals surface area (Å²) >= 11 is 0. The van der Waals surface area contributed by atoms with Gasteiger partial charge in [-0.2, -0.15) is 0 Å². The highest BCUT2D eigenvalue weighted by atomic mass is 35.5. The van der Waals surface area contributed by atoms with Crippen LogP contribution in [0.1, 0.15) is 49.1 Å². The van der Waals surface area contributed by atoms with E-state index in [1.54, 1.807) is 0 Å². The zero-order chi connectivity index (χ0) is 23.9. The minimum atomic E-state index is 0. The Kier molecular flexibility index (Phi) is 14.6. The fourth-order valence-electron chi connectivity index (χ4n) is 4.59. The SMILES string of the molecule is CNC.Cc1c(OCC2CC2)ccc2c(CCC3CCN(Cc4cccc(N)n4)CC3)noc12.Cl.Cl.Cl. The van der Waals surface area contributed by atoms with Crippen LogP contribution in [0.4, 0.5) is 5.82 Å². The molecule has 7 nitrogen and oxygen atoms in total. The molecule has 2 aromatic heterocycles. The summed E-state index contributed by atoms with van der Waals surface area (Å²) in [7, 11) is 3.75. The number of rotatable bonds is 8. The van der Waals surface area contributed by atoms with Crippen LogP contribution < -0.4 is 15.8 Å².